The third-order valence-electron chi connectivity index (χ3n) is 5.26. The van der Waals surface area contributed by atoms with Crippen LogP contribution in [0.1, 0.15) is 23.7 Å². The van der Waals surface area contributed by atoms with Crippen LogP contribution in [-0.2, 0) is 19.1 Å². The quantitative estimate of drug-likeness (QED) is 0.479. The molecule has 7 nitrogen and oxygen atoms in total. The summed E-state index contributed by atoms with van der Waals surface area (Å²) in [6.45, 7) is 1.90. The number of nitrogens with one attached hydrogen (secondary N) is 2. The molecule has 0 radical (unpaired) electrons. The summed E-state index contributed by atoms with van der Waals surface area (Å²) < 4.78 is 11.0. The minimum Gasteiger partial charge on any atom is -0.495 e. The fourth-order valence-electron chi connectivity index (χ4n) is 3.58. The van der Waals surface area contributed by atoms with Gasteiger partial charge in [0, 0.05) is 10.5 Å². The summed E-state index contributed by atoms with van der Waals surface area (Å²) in [6.07, 6.45) is -1.36. The number of thioether (sulfide) groups is 1. The number of benzene rings is 3. The van der Waals surface area contributed by atoms with Gasteiger partial charge in [0.2, 0.25) is 12.0 Å². The molecule has 0 spiro atoms. The molecule has 1 heterocycles. The van der Waals surface area contributed by atoms with Gasteiger partial charge < -0.3 is 20.1 Å². The smallest absolute Gasteiger partial charge is 0.308 e. The summed E-state index contributed by atoms with van der Waals surface area (Å²) in [5.41, 5.74) is 2.65. The number of ether oxygens (including phenoxy) is 2. The molecule has 3 aromatic rings. The third kappa shape index (κ3) is 5.40. The number of methoxy groups -OCH3 is 1. The minimum atomic E-state index is -1.19. The highest BCUT2D eigenvalue weighted by molar-refractivity contribution is 8.01. The fourth-order valence-corrected chi connectivity index (χ4v) is 4.67. The van der Waals surface area contributed by atoms with Gasteiger partial charge in [-0.3, -0.25) is 14.4 Å². The number of fused-ring (bicyclic) bond motifs is 1. The molecule has 0 aliphatic carbocycles. The van der Waals surface area contributed by atoms with Crippen molar-refractivity contribution in [1.82, 2.24) is 0 Å². The SMILES string of the molecule is COc1ccc(C)cc1NC(=O)C(OC(=O)CC1Sc2ccccc2NC1=O)c1ccccc1. The molecule has 0 saturated heterocycles. The molecule has 2 atom stereocenters. The zero-order chi connectivity index (χ0) is 24.1. The number of rotatable bonds is 7. The summed E-state index contributed by atoms with van der Waals surface area (Å²) in [7, 11) is 1.51. The molecule has 1 aliphatic heterocycles. The van der Waals surface area contributed by atoms with Crippen molar-refractivity contribution >= 4 is 40.9 Å². The number of anilines is 2. The lowest BCUT2D eigenvalue weighted by Crippen LogP contribution is -2.33. The Morgan fingerprint density at radius 2 is 1.79 bits per heavy atom. The molecule has 2 unspecified atom stereocenters. The maximum absolute atomic E-state index is 13.2. The molecule has 3 aromatic carbocycles. The highest BCUT2D eigenvalue weighted by atomic mass is 32.2. The first-order chi connectivity index (χ1) is 16.4. The normalized spacial score (nSPS) is 15.5. The molecule has 0 aromatic heterocycles. The van der Waals surface area contributed by atoms with E-state index < -0.39 is 23.2 Å². The first-order valence-corrected chi connectivity index (χ1v) is 11.6. The lowest BCUT2D eigenvalue weighted by molar-refractivity contribution is -0.155. The molecule has 8 heteroatoms. The first kappa shape index (κ1) is 23.4. The second-order valence-corrected chi connectivity index (χ2v) is 9.01. The Kier molecular flexibility index (Phi) is 7.18. The number of hydrogen-bond donors (Lipinski definition) is 2. The zero-order valence-corrected chi connectivity index (χ0v) is 19.6. The van der Waals surface area contributed by atoms with E-state index >= 15 is 0 Å². The Bertz CT molecular complexity index is 1210. The number of carbonyl (C=O) groups excluding carboxylic acids is 3. The molecule has 0 fully saturated rings. The van der Waals surface area contributed by atoms with Crippen LogP contribution in [0.25, 0.3) is 0 Å². The number of aryl methyl sites for hydroxylation is 1. The fraction of sp³-hybridized carbons (Fsp3) is 0.192. The summed E-state index contributed by atoms with van der Waals surface area (Å²) in [5.74, 6) is -0.946. The van der Waals surface area contributed by atoms with Crippen LogP contribution in [0.3, 0.4) is 0 Å². The van der Waals surface area contributed by atoms with Crippen LogP contribution in [0.2, 0.25) is 0 Å². The topological polar surface area (TPSA) is 93.7 Å². The maximum Gasteiger partial charge on any atom is 0.308 e. The maximum atomic E-state index is 13.2. The summed E-state index contributed by atoms with van der Waals surface area (Å²) in [6, 6.07) is 21.6. The van der Waals surface area contributed by atoms with Gasteiger partial charge in [0.05, 0.1) is 30.2 Å². The van der Waals surface area contributed by atoms with Crippen molar-refractivity contribution in [3.05, 3.63) is 83.9 Å². The van der Waals surface area contributed by atoms with Crippen molar-refractivity contribution in [2.45, 2.75) is 29.6 Å². The third-order valence-corrected chi connectivity index (χ3v) is 6.54. The Labute approximate surface area is 201 Å². The molecule has 174 valence electrons. The van der Waals surface area contributed by atoms with Gasteiger partial charge in [-0.25, -0.2) is 0 Å². The van der Waals surface area contributed by atoms with E-state index in [1.165, 1.54) is 18.9 Å². The van der Waals surface area contributed by atoms with E-state index in [4.69, 9.17) is 9.47 Å². The molecule has 2 amide bonds. The highest BCUT2D eigenvalue weighted by Crippen LogP contribution is 2.37. The van der Waals surface area contributed by atoms with Crippen LogP contribution in [0.4, 0.5) is 11.4 Å². The van der Waals surface area contributed by atoms with Gasteiger partial charge in [0.15, 0.2) is 0 Å². The van der Waals surface area contributed by atoms with Crippen LogP contribution in [-0.4, -0.2) is 30.1 Å². The lowest BCUT2D eigenvalue weighted by atomic mass is 10.1. The van der Waals surface area contributed by atoms with Crippen LogP contribution < -0.4 is 15.4 Å². The Balaban J connectivity index is 1.51. The second-order valence-electron chi connectivity index (χ2n) is 7.77. The number of amides is 2. The van der Waals surface area contributed by atoms with Crippen molar-refractivity contribution in [3.8, 4) is 5.75 Å². The minimum absolute atomic E-state index is 0.171. The highest BCUT2D eigenvalue weighted by Gasteiger charge is 2.32. The van der Waals surface area contributed by atoms with E-state index in [9.17, 15) is 14.4 Å². The predicted molar refractivity (Wildman–Crippen MR) is 131 cm³/mol. The molecular formula is C26H24N2O5S. The van der Waals surface area contributed by atoms with Crippen molar-refractivity contribution in [1.29, 1.82) is 0 Å². The molecule has 0 bridgehead atoms. The van der Waals surface area contributed by atoms with Gasteiger partial charge >= 0.3 is 5.97 Å². The van der Waals surface area contributed by atoms with Gasteiger partial charge in [0.1, 0.15) is 5.75 Å². The molecular weight excluding hydrogens is 452 g/mol. The van der Waals surface area contributed by atoms with E-state index in [1.807, 2.05) is 43.3 Å². The van der Waals surface area contributed by atoms with Crippen molar-refractivity contribution in [2.24, 2.45) is 0 Å². The second kappa shape index (κ2) is 10.4. The average Bonchev–Trinajstić information content (AvgIpc) is 2.83. The molecule has 4 rings (SSSR count). The largest absolute Gasteiger partial charge is 0.495 e. The van der Waals surface area contributed by atoms with Gasteiger partial charge in [-0.1, -0.05) is 48.5 Å². The Morgan fingerprint density at radius 1 is 1.06 bits per heavy atom. The molecule has 2 N–H and O–H groups in total. The van der Waals surface area contributed by atoms with Gasteiger partial charge in [0.25, 0.3) is 5.91 Å². The Hall–Kier alpha value is -3.78. The summed E-state index contributed by atoms with van der Waals surface area (Å²) >= 11 is 1.30. The van der Waals surface area contributed by atoms with Crippen molar-refractivity contribution < 1.29 is 23.9 Å². The molecule has 34 heavy (non-hydrogen) atoms. The monoisotopic (exact) mass is 476 g/mol. The van der Waals surface area contributed by atoms with Crippen molar-refractivity contribution in [3.63, 3.8) is 0 Å². The zero-order valence-electron chi connectivity index (χ0n) is 18.7. The van der Waals surface area contributed by atoms with E-state index in [0.717, 1.165) is 16.1 Å². The number of esters is 1. The van der Waals surface area contributed by atoms with E-state index in [0.29, 0.717) is 17.0 Å². The number of hydrogen-bond acceptors (Lipinski definition) is 6. The van der Waals surface area contributed by atoms with E-state index in [-0.39, 0.29) is 12.3 Å². The predicted octanol–water partition coefficient (Wildman–Crippen LogP) is 4.73. The summed E-state index contributed by atoms with van der Waals surface area (Å²) in [4.78, 5) is 39.5. The van der Waals surface area contributed by atoms with Crippen LogP contribution in [0.15, 0.2) is 77.7 Å². The first-order valence-electron chi connectivity index (χ1n) is 10.7. The summed E-state index contributed by atoms with van der Waals surface area (Å²) in [5, 5.41) is 4.97. The average molecular weight is 477 g/mol. The van der Waals surface area contributed by atoms with Gasteiger partial charge in [-0.05, 0) is 36.8 Å². The van der Waals surface area contributed by atoms with Crippen LogP contribution in [0.5, 0.6) is 5.75 Å². The molecule has 0 saturated carbocycles. The van der Waals surface area contributed by atoms with Gasteiger partial charge in [-0.2, -0.15) is 0 Å². The lowest BCUT2D eigenvalue weighted by Gasteiger charge is -2.24. The van der Waals surface area contributed by atoms with Crippen LogP contribution in [0, 0.1) is 6.92 Å². The van der Waals surface area contributed by atoms with Crippen molar-refractivity contribution in [2.75, 3.05) is 17.7 Å². The number of carbonyl (C=O) groups is 3. The Morgan fingerprint density at radius 3 is 2.56 bits per heavy atom. The van der Waals surface area contributed by atoms with Crippen LogP contribution >= 0.6 is 11.8 Å². The van der Waals surface area contributed by atoms with E-state index in [1.54, 1.807) is 36.4 Å². The molecule has 1 aliphatic rings. The standard InChI is InChI=1S/C26H24N2O5S/c1-16-12-13-20(32-2)19(14-16)28-26(31)24(17-8-4-3-5-9-17)33-23(29)15-22-25(30)27-18-10-6-7-11-21(18)34-22/h3-14,22,24H,15H2,1-2H3,(H,27,30)(H,28,31). The van der Waals surface area contributed by atoms with Gasteiger partial charge in [-0.15, -0.1) is 11.8 Å². The van der Waals surface area contributed by atoms with E-state index in [2.05, 4.69) is 10.6 Å². The number of para-hydroxylation sites is 1.